The Hall–Kier alpha value is -2.54. The fourth-order valence-electron chi connectivity index (χ4n) is 3.87. The van der Waals surface area contributed by atoms with Crippen molar-refractivity contribution in [1.29, 1.82) is 0 Å². The molecule has 0 aliphatic heterocycles. The third kappa shape index (κ3) is 2.30. The van der Waals surface area contributed by atoms with E-state index in [0.717, 1.165) is 34.3 Å². The maximum absolute atomic E-state index is 13.0. The van der Waals surface area contributed by atoms with Gasteiger partial charge in [-0.3, -0.25) is 4.98 Å². The largest absolute Gasteiger partial charge is 0.352 e. The zero-order chi connectivity index (χ0) is 17.8. The topological polar surface area (TPSA) is 65.1 Å². The van der Waals surface area contributed by atoms with Gasteiger partial charge in [0.05, 0.1) is 11.9 Å². The number of pyridine rings is 1. The standard InChI is InChI=1S/C19H19N5OS/c1-11-3-4-14-15(9-11)26-18-16(14)17-22-23(10-13-5-7-20-8-6-13)19(25)24(17)12(2)21-18/h5-8,11H,3-4,9-10H2,1-2H3/t11-/m0/s1. The second-order valence-electron chi connectivity index (χ2n) is 7.15. The molecule has 0 radical (unpaired) electrons. The molecule has 4 aromatic heterocycles. The molecule has 0 spiro atoms. The quantitative estimate of drug-likeness (QED) is 0.548. The third-order valence-electron chi connectivity index (χ3n) is 5.22. The molecule has 0 saturated carbocycles. The van der Waals surface area contributed by atoms with E-state index < -0.39 is 0 Å². The molecule has 0 N–H and O–H groups in total. The molecular weight excluding hydrogens is 346 g/mol. The highest BCUT2D eigenvalue weighted by atomic mass is 32.1. The number of aromatic nitrogens is 5. The number of fused-ring (bicyclic) bond motifs is 5. The Labute approximate surface area is 154 Å². The van der Waals surface area contributed by atoms with Crippen LogP contribution in [0.5, 0.6) is 0 Å². The summed E-state index contributed by atoms with van der Waals surface area (Å²) in [6.07, 6.45) is 6.79. The molecule has 26 heavy (non-hydrogen) atoms. The second-order valence-corrected chi connectivity index (χ2v) is 8.23. The van der Waals surface area contributed by atoms with E-state index >= 15 is 0 Å². The molecule has 1 aliphatic carbocycles. The predicted molar refractivity (Wildman–Crippen MR) is 102 cm³/mol. The van der Waals surface area contributed by atoms with Gasteiger partial charge in [-0.05, 0) is 55.4 Å². The van der Waals surface area contributed by atoms with E-state index in [0.29, 0.717) is 18.3 Å². The van der Waals surface area contributed by atoms with Gasteiger partial charge in [0, 0.05) is 17.3 Å². The minimum absolute atomic E-state index is 0.132. The first kappa shape index (κ1) is 15.7. The van der Waals surface area contributed by atoms with Crippen molar-refractivity contribution in [1.82, 2.24) is 24.1 Å². The number of hydrogen-bond acceptors (Lipinski definition) is 5. The smallest absolute Gasteiger partial charge is 0.265 e. The molecule has 1 aliphatic rings. The van der Waals surface area contributed by atoms with E-state index in [2.05, 4.69) is 11.9 Å². The van der Waals surface area contributed by atoms with Gasteiger partial charge in [-0.15, -0.1) is 16.4 Å². The van der Waals surface area contributed by atoms with Gasteiger partial charge in [0.15, 0.2) is 5.65 Å². The summed E-state index contributed by atoms with van der Waals surface area (Å²) in [6, 6.07) is 3.82. The van der Waals surface area contributed by atoms with Gasteiger partial charge in [0.1, 0.15) is 10.7 Å². The lowest BCUT2D eigenvalue weighted by atomic mass is 9.89. The number of nitrogens with zero attached hydrogens (tertiary/aromatic N) is 5. The SMILES string of the molecule is Cc1nc2sc3c(c2c2nn(Cc4ccncc4)c(=O)n12)CC[C@H](C)C3. The van der Waals surface area contributed by atoms with Gasteiger partial charge in [-0.1, -0.05) is 6.92 Å². The Morgan fingerprint density at radius 2 is 2.12 bits per heavy atom. The Morgan fingerprint density at radius 3 is 2.92 bits per heavy atom. The van der Waals surface area contributed by atoms with E-state index in [1.165, 1.54) is 21.5 Å². The van der Waals surface area contributed by atoms with Crippen LogP contribution in [0.1, 0.15) is 35.2 Å². The molecule has 0 fully saturated rings. The first-order chi connectivity index (χ1) is 12.6. The third-order valence-corrected chi connectivity index (χ3v) is 6.37. The van der Waals surface area contributed by atoms with Crippen LogP contribution in [-0.4, -0.2) is 24.1 Å². The highest BCUT2D eigenvalue weighted by Gasteiger charge is 2.25. The monoisotopic (exact) mass is 365 g/mol. The fraction of sp³-hybridized carbons (Fsp3) is 0.368. The fourth-order valence-corrected chi connectivity index (χ4v) is 5.29. The second kappa shape index (κ2) is 5.74. The summed E-state index contributed by atoms with van der Waals surface area (Å²) in [6.45, 7) is 4.62. The summed E-state index contributed by atoms with van der Waals surface area (Å²) in [7, 11) is 0. The molecule has 5 rings (SSSR count). The Bertz CT molecular complexity index is 1190. The van der Waals surface area contributed by atoms with Crippen LogP contribution in [-0.2, 0) is 19.4 Å². The van der Waals surface area contributed by atoms with Crippen molar-refractivity contribution < 1.29 is 0 Å². The zero-order valence-electron chi connectivity index (χ0n) is 14.8. The van der Waals surface area contributed by atoms with Crippen LogP contribution >= 0.6 is 11.3 Å². The number of rotatable bonds is 2. The van der Waals surface area contributed by atoms with Gasteiger partial charge in [0.25, 0.3) is 0 Å². The van der Waals surface area contributed by atoms with Crippen LogP contribution < -0.4 is 5.69 Å². The summed E-state index contributed by atoms with van der Waals surface area (Å²) in [5.41, 5.74) is 2.97. The normalized spacial score (nSPS) is 17.1. The highest BCUT2D eigenvalue weighted by molar-refractivity contribution is 7.19. The van der Waals surface area contributed by atoms with E-state index in [1.807, 2.05) is 19.1 Å². The summed E-state index contributed by atoms with van der Waals surface area (Å²) < 4.78 is 3.20. The number of hydrogen-bond donors (Lipinski definition) is 0. The lowest BCUT2D eigenvalue weighted by molar-refractivity contribution is 0.509. The predicted octanol–water partition coefficient (Wildman–Crippen LogP) is 2.98. The maximum atomic E-state index is 13.0. The summed E-state index contributed by atoms with van der Waals surface area (Å²) in [5, 5.41) is 5.79. The van der Waals surface area contributed by atoms with Crippen molar-refractivity contribution in [2.75, 3.05) is 0 Å². The van der Waals surface area contributed by atoms with Crippen LogP contribution in [0.15, 0.2) is 29.3 Å². The zero-order valence-corrected chi connectivity index (χ0v) is 15.6. The van der Waals surface area contributed by atoms with Crippen LogP contribution in [0.3, 0.4) is 0 Å². The Balaban J connectivity index is 1.76. The molecule has 1 atom stereocenters. The van der Waals surface area contributed by atoms with E-state index in [1.54, 1.807) is 28.1 Å². The van der Waals surface area contributed by atoms with Gasteiger partial charge < -0.3 is 0 Å². The summed E-state index contributed by atoms with van der Waals surface area (Å²) in [4.78, 5) is 24.1. The summed E-state index contributed by atoms with van der Waals surface area (Å²) >= 11 is 1.77. The van der Waals surface area contributed by atoms with E-state index in [4.69, 9.17) is 10.1 Å². The first-order valence-corrected chi connectivity index (χ1v) is 9.73. The first-order valence-electron chi connectivity index (χ1n) is 8.91. The molecular formula is C19H19N5OS. The van der Waals surface area contributed by atoms with Crippen molar-refractivity contribution in [2.24, 2.45) is 5.92 Å². The minimum Gasteiger partial charge on any atom is -0.265 e. The molecule has 4 heterocycles. The van der Waals surface area contributed by atoms with Gasteiger partial charge in [-0.2, -0.15) is 0 Å². The Kier molecular flexibility index (Phi) is 3.46. The average molecular weight is 365 g/mol. The minimum atomic E-state index is -0.132. The van der Waals surface area contributed by atoms with Crippen LogP contribution in [0, 0.1) is 12.8 Å². The van der Waals surface area contributed by atoms with E-state index in [9.17, 15) is 4.79 Å². The van der Waals surface area contributed by atoms with Crippen molar-refractivity contribution in [3.05, 3.63) is 56.8 Å². The molecule has 0 amide bonds. The van der Waals surface area contributed by atoms with Gasteiger partial charge in [-0.25, -0.2) is 18.9 Å². The Morgan fingerprint density at radius 1 is 1.31 bits per heavy atom. The van der Waals surface area contributed by atoms with Crippen molar-refractivity contribution in [3.63, 3.8) is 0 Å². The molecule has 7 heteroatoms. The van der Waals surface area contributed by atoms with Crippen molar-refractivity contribution >= 4 is 27.2 Å². The van der Waals surface area contributed by atoms with Gasteiger partial charge >= 0.3 is 5.69 Å². The highest BCUT2D eigenvalue weighted by Crippen LogP contribution is 2.38. The molecule has 0 aromatic carbocycles. The molecule has 0 unspecified atom stereocenters. The molecule has 4 aromatic rings. The molecule has 132 valence electrons. The molecule has 0 bridgehead atoms. The number of aryl methyl sites for hydroxylation is 2. The number of thiophene rings is 1. The maximum Gasteiger partial charge on any atom is 0.352 e. The van der Waals surface area contributed by atoms with Crippen LogP contribution in [0.25, 0.3) is 15.9 Å². The lowest BCUT2D eigenvalue weighted by Gasteiger charge is -2.17. The van der Waals surface area contributed by atoms with Crippen LogP contribution in [0.4, 0.5) is 0 Å². The van der Waals surface area contributed by atoms with Gasteiger partial charge in [0.2, 0.25) is 0 Å². The average Bonchev–Trinajstić information content (AvgIpc) is 3.13. The van der Waals surface area contributed by atoms with Crippen molar-refractivity contribution in [2.45, 2.75) is 39.7 Å². The van der Waals surface area contributed by atoms with Crippen molar-refractivity contribution in [3.8, 4) is 0 Å². The van der Waals surface area contributed by atoms with E-state index in [-0.39, 0.29) is 5.69 Å². The summed E-state index contributed by atoms with van der Waals surface area (Å²) in [5.74, 6) is 1.41. The molecule has 6 nitrogen and oxygen atoms in total. The van der Waals surface area contributed by atoms with Crippen LogP contribution in [0.2, 0.25) is 0 Å². The lowest BCUT2D eigenvalue weighted by Crippen LogP contribution is -2.23. The molecule has 0 saturated heterocycles.